The lowest BCUT2D eigenvalue weighted by Crippen LogP contribution is -2.29. The Bertz CT molecular complexity index is 1110. The SMILES string of the molecule is Cc1oc2ncnc(NC3(C)CC3)c2c1C(=O)N1CCC(c2cccc(Br)n2)C1. The predicted molar refractivity (Wildman–Crippen MR) is 113 cm³/mol. The monoisotopic (exact) mass is 455 g/mol. The number of rotatable bonds is 4. The van der Waals surface area contributed by atoms with Crippen LogP contribution < -0.4 is 5.32 Å². The largest absolute Gasteiger partial charge is 0.442 e. The zero-order valence-corrected chi connectivity index (χ0v) is 18.0. The molecule has 3 aromatic heterocycles. The quantitative estimate of drug-likeness (QED) is 0.590. The number of aryl methyl sites for hydroxylation is 1. The molecule has 1 atom stereocenters. The molecule has 3 aromatic rings. The molecule has 8 heteroatoms. The van der Waals surface area contributed by atoms with Crippen LogP contribution in [-0.2, 0) is 0 Å². The number of carbonyl (C=O) groups excluding carboxylic acids is 1. The van der Waals surface area contributed by atoms with Crippen LogP contribution in [0.4, 0.5) is 5.82 Å². The van der Waals surface area contributed by atoms with E-state index in [1.807, 2.05) is 30.0 Å². The molecule has 4 heterocycles. The summed E-state index contributed by atoms with van der Waals surface area (Å²) in [6.45, 7) is 5.31. The number of likely N-dealkylation sites (tertiary alicyclic amines) is 1. The molecule has 1 aliphatic carbocycles. The maximum Gasteiger partial charge on any atom is 0.258 e. The standard InChI is InChI=1S/C21H22BrN5O2/c1-12-16(17-18(26-21(2)7-8-21)23-11-24-19(17)29-12)20(28)27-9-6-13(10-27)14-4-3-5-15(22)25-14/h3-5,11,13H,6-10H2,1-2H3,(H,23,24,26). The van der Waals surface area contributed by atoms with Gasteiger partial charge in [-0.15, -0.1) is 0 Å². The molecule has 1 unspecified atom stereocenters. The van der Waals surface area contributed by atoms with Crippen LogP contribution in [-0.4, -0.2) is 44.4 Å². The summed E-state index contributed by atoms with van der Waals surface area (Å²) in [6.07, 6.45) is 4.56. The Kier molecular flexibility index (Phi) is 4.34. The van der Waals surface area contributed by atoms with Crippen LogP contribution in [0, 0.1) is 6.92 Å². The lowest BCUT2D eigenvalue weighted by Gasteiger charge is -2.17. The summed E-state index contributed by atoms with van der Waals surface area (Å²) in [6, 6.07) is 5.92. The number of hydrogen-bond donors (Lipinski definition) is 1. The molecule has 0 radical (unpaired) electrons. The number of furan rings is 1. The minimum Gasteiger partial charge on any atom is -0.442 e. The van der Waals surface area contributed by atoms with Crippen LogP contribution >= 0.6 is 15.9 Å². The van der Waals surface area contributed by atoms with E-state index < -0.39 is 0 Å². The van der Waals surface area contributed by atoms with Gasteiger partial charge in [0.2, 0.25) is 5.71 Å². The average Bonchev–Trinajstić information content (AvgIpc) is 3.10. The molecular weight excluding hydrogens is 434 g/mol. The molecule has 0 bridgehead atoms. The molecule has 0 spiro atoms. The van der Waals surface area contributed by atoms with Crippen LogP contribution in [0.1, 0.15) is 53.9 Å². The minimum absolute atomic E-state index is 0.0300. The first-order valence-corrected chi connectivity index (χ1v) is 10.7. The second-order valence-electron chi connectivity index (χ2n) is 8.24. The summed E-state index contributed by atoms with van der Waals surface area (Å²) in [5.41, 5.74) is 2.07. The summed E-state index contributed by atoms with van der Waals surface area (Å²) >= 11 is 3.43. The molecule has 1 amide bonds. The molecule has 2 aliphatic rings. The van der Waals surface area contributed by atoms with Gasteiger partial charge in [0, 0.05) is 30.2 Å². The number of anilines is 1. The summed E-state index contributed by atoms with van der Waals surface area (Å²) in [7, 11) is 0. The molecule has 5 rings (SSSR count). The molecule has 1 N–H and O–H groups in total. The van der Waals surface area contributed by atoms with E-state index in [2.05, 4.69) is 43.1 Å². The van der Waals surface area contributed by atoms with Gasteiger partial charge >= 0.3 is 0 Å². The average molecular weight is 456 g/mol. The second-order valence-corrected chi connectivity index (χ2v) is 9.06. The third kappa shape index (κ3) is 3.39. The highest BCUT2D eigenvalue weighted by Gasteiger charge is 2.39. The van der Waals surface area contributed by atoms with Gasteiger partial charge in [-0.1, -0.05) is 6.07 Å². The summed E-state index contributed by atoms with van der Waals surface area (Å²) in [5.74, 6) is 1.46. The van der Waals surface area contributed by atoms with Crippen molar-refractivity contribution >= 4 is 38.8 Å². The van der Waals surface area contributed by atoms with Crippen LogP contribution in [0.15, 0.2) is 33.5 Å². The summed E-state index contributed by atoms with van der Waals surface area (Å²) < 4.78 is 6.64. The molecule has 1 saturated heterocycles. The van der Waals surface area contributed by atoms with Gasteiger partial charge in [-0.25, -0.2) is 15.0 Å². The molecular formula is C21H22BrN5O2. The molecule has 29 heavy (non-hydrogen) atoms. The van der Waals surface area contributed by atoms with E-state index in [4.69, 9.17) is 4.42 Å². The van der Waals surface area contributed by atoms with Gasteiger partial charge in [0.25, 0.3) is 5.91 Å². The Balaban J connectivity index is 1.46. The fourth-order valence-electron chi connectivity index (χ4n) is 3.99. The number of fused-ring (bicyclic) bond motifs is 1. The molecule has 2 fully saturated rings. The van der Waals surface area contributed by atoms with Crippen LogP contribution in [0.5, 0.6) is 0 Å². The van der Waals surface area contributed by atoms with Gasteiger partial charge in [0.05, 0.1) is 10.9 Å². The Morgan fingerprint density at radius 1 is 1.34 bits per heavy atom. The van der Waals surface area contributed by atoms with Crippen molar-refractivity contribution in [3.05, 3.63) is 46.1 Å². The first-order chi connectivity index (χ1) is 13.9. The number of carbonyl (C=O) groups is 1. The van der Waals surface area contributed by atoms with E-state index in [0.717, 1.165) is 29.6 Å². The van der Waals surface area contributed by atoms with E-state index in [1.54, 1.807) is 0 Å². The highest BCUT2D eigenvalue weighted by Crippen LogP contribution is 2.40. The number of halogens is 1. The molecule has 150 valence electrons. The van der Waals surface area contributed by atoms with Crippen molar-refractivity contribution in [1.82, 2.24) is 19.9 Å². The van der Waals surface area contributed by atoms with Gasteiger partial charge in [-0.3, -0.25) is 4.79 Å². The normalized spacial score (nSPS) is 20.2. The minimum atomic E-state index is -0.0300. The Morgan fingerprint density at radius 2 is 2.17 bits per heavy atom. The van der Waals surface area contributed by atoms with Crippen molar-refractivity contribution < 1.29 is 9.21 Å². The van der Waals surface area contributed by atoms with Crippen molar-refractivity contribution in [1.29, 1.82) is 0 Å². The van der Waals surface area contributed by atoms with Crippen molar-refractivity contribution in [2.75, 3.05) is 18.4 Å². The van der Waals surface area contributed by atoms with Crippen molar-refractivity contribution in [2.45, 2.75) is 44.6 Å². The fraction of sp³-hybridized carbons (Fsp3) is 0.429. The van der Waals surface area contributed by atoms with Gasteiger partial charge in [0.15, 0.2) is 0 Å². The first-order valence-electron chi connectivity index (χ1n) is 9.87. The highest BCUT2D eigenvalue weighted by atomic mass is 79.9. The lowest BCUT2D eigenvalue weighted by atomic mass is 10.0. The Morgan fingerprint density at radius 3 is 2.93 bits per heavy atom. The topological polar surface area (TPSA) is 84.2 Å². The summed E-state index contributed by atoms with van der Waals surface area (Å²) in [5, 5.41) is 4.17. The zero-order chi connectivity index (χ0) is 20.2. The van der Waals surface area contributed by atoms with Crippen LogP contribution in [0.25, 0.3) is 11.1 Å². The summed E-state index contributed by atoms with van der Waals surface area (Å²) in [4.78, 5) is 28.6. The van der Waals surface area contributed by atoms with Gasteiger partial charge in [-0.05, 0) is 61.2 Å². The maximum absolute atomic E-state index is 13.5. The van der Waals surface area contributed by atoms with Crippen LogP contribution in [0.3, 0.4) is 0 Å². The predicted octanol–water partition coefficient (Wildman–Crippen LogP) is 4.28. The van der Waals surface area contributed by atoms with Crippen molar-refractivity contribution in [3.63, 3.8) is 0 Å². The highest BCUT2D eigenvalue weighted by molar-refractivity contribution is 9.10. The second kappa shape index (κ2) is 6.79. The lowest BCUT2D eigenvalue weighted by molar-refractivity contribution is 0.0790. The smallest absolute Gasteiger partial charge is 0.258 e. The van der Waals surface area contributed by atoms with E-state index in [-0.39, 0.29) is 17.4 Å². The number of aromatic nitrogens is 3. The van der Waals surface area contributed by atoms with Gasteiger partial charge in [0.1, 0.15) is 22.5 Å². The third-order valence-electron chi connectivity index (χ3n) is 5.93. The van der Waals surface area contributed by atoms with Gasteiger partial charge in [-0.2, -0.15) is 0 Å². The number of hydrogen-bond acceptors (Lipinski definition) is 6. The zero-order valence-electron chi connectivity index (χ0n) is 16.4. The van der Waals surface area contributed by atoms with E-state index in [9.17, 15) is 4.79 Å². The molecule has 1 aliphatic heterocycles. The van der Waals surface area contributed by atoms with Crippen LogP contribution in [0.2, 0.25) is 0 Å². The fourth-order valence-corrected chi connectivity index (χ4v) is 4.35. The van der Waals surface area contributed by atoms with E-state index in [0.29, 0.717) is 41.3 Å². The van der Waals surface area contributed by atoms with Crippen molar-refractivity contribution in [2.24, 2.45) is 0 Å². The number of nitrogens with one attached hydrogen (secondary N) is 1. The molecule has 1 saturated carbocycles. The van der Waals surface area contributed by atoms with E-state index in [1.165, 1.54) is 6.33 Å². The Hall–Kier alpha value is -2.48. The van der Waals surface area contributed by atoms with Crippen molar-refractivity contribution in [3.8, 4) is 0 Å². The first kappa shape index (κ1) is 18.5. The van der Waals surface area contributed by atoms with Gasteiger partial charge < -0.3 is 14.6 Å². The molecule has 7 nitrogen and oxygen atoms in total. The number of pyridine rings is 1. The number of amides is 1. The maximum atomic E-state index is 13.5. The number of nitrogens with zero attached hydrogens (tertiary/aromatic N) is 4. The van der Waals surface area contributed by atoms with E-state index >= 15 is 0 Å². The Labute approximate surface area is 177 Å². The molecule has 0 aromatic carbocycles. The third-order valence-corrected chi connectivity index (χ3v) is 6.37.